The second kappa shape index (κ2) is 19.9. The Kier molecular flexibility index (Phi) is 19.3. The van der Waals surface area contributed by atoms with Gasteiger partial charge in [0.2, 0.25) is 5.78 Å². The van der Waals surface area contributed by atoms with Gasteiger partial charge in [0.15, 0.2) is 0 Å². The molecule has 1 heterocycles. The van der Waals surface area contributed by atoms with Gasteiger partial charge in [-0.05, 0) is 51.1 Å². The van der Waals surface area contributed by atoms with Crippen LogP contribution in [0.2, 0.25) is 0 Å². The van der Waals surface area contributed by atoms with Crippen LogP contribution in [0.25, 0.3) is 5.69 Å². The molecule has 0 aliphatic rings. The fourth-order valence-electron chi connectivity index (χ4n) is 2.91. The Bertz CT molecular complexity index is 1500. The highest BCUT2D eigenvalue weighted by Gasteiger charge is 2.32. The van der Waals surface area contributed by atoms with Crippen LogP contribution in [0.5, 0.6) is 0 Å². The molecule has 0 saturated carbocycles. The number of aromatic nitrogens is 2. The van der Waals surface area contributed by atoms with Crippen molar-refractivity contribution in [1.29, 1.82) is 0 Å². The van der Waals surface area contributed by atoms with Gasteiger partial charge in [0.1, 0.15) is 22.9 Å². The number of aliphatic hydroxyl groups is 1. The number of carbonyl (C=O) groups excluding carboxylic acids is 2. The van der Waals surface area contributed by atoms with Crippen molar-refractivity contribution in [3.63, 3.8) is 0 Å². The molecular weight excluding hydrogens is 780 g/mol. The monoisotopic (exact) mass is 808 g/mol. The molecule has 3 aromatic rings. The van der Waals surface area contributed by atoms with E-state index in [9.17, 15) is 47.4 Å². The topological polar surface area (TPSA) is 197 Å². The Hall–Kier alpha value is -3.52. The molecule has 0 atom stereocenters. The largest absolute Gasteiger partial charge is 0.397 e. The summed E-state index contributed by atoms with van der Waals surface area (Å²) in [6.07, 6.45) is -0.677. The predicted molar refractivity (Wildman–Crippen MR) is 172 cm³/mol. The highest BCUT2D eigenvalue weighted by Crippen LogP contribution is 2.31. The van der Waals surface area contributed by atoms with Crippen molar-refractivity contribution in [3.8, 4) is 5.69 Å². The van der Waals surface area contributed by atoms with Crippen LogP contribution in [0, 0.1) is 27.2 Å². The lowest BCUT2D eigenvalue weighted by molar-refractivity contribution is -0.384. The maximum absolute atomic E-state index is 13.3. The fraction of sp³-hybridized carbons (Fsp3) is 0.346. The van der Waals surface area contributed by atoms with E-state index in [0.29, 0.717) is 27.3 Å². The number of hydrogen-bond donors (Lipinski definition) is 3. The molecular formula is C26H31Br2ClF4N6O7. The summed E-state index contributed by atoms with van der Waals surface area (Å²) in [5, 5.41) is 32.8. The smallest absolute Gasteiger partial charge is 0.302 e. The average molecular weight is 811 g/mol. The number of nitrogens with two attached hydrogens (primary N) is 1. The summed E-state index contributed by atoms with van der Waals surface area (Å²) in [6.45, 7) is 5.81. The first-order valence-electron chi connectivity index (χ1n) is 12.4. The molecule has 0 saturated heterocycles. The van der Waals surface area contributed by atoms with Crippen LogP contribution in [0.3, 0.4) is 0 Å². The molecule has 0 bridgehead atoms. The standard InChI is InChI=1S/C12H10BrF2N3O2.C6H6BrN3O2.C6H8F2O2.C2H6O.ClH/c1-7-5-11(12(2,14)15)16-17(7)9-4-3-8(13)6-10(9)18(19)20;7-4-1-2-5(9-8)6(3-4)10(11)12;1-4(9)3-5(10)6(2,7)8;1-2-3;/h3-6H,1-2H3;1-3,9H,8H2;3H2,1-2H3;3H,2H2,1H3;1H. The maximum Gasteiger partial charge on any atom is 0.302 e. The third-order valence-electron chi connectivity index (χ3n) is 4.91. The molecule has 0 unspecified atom stereocenters. The number of aliphatic hydroxyl groups excluding tert-OH is 1. The van der Waals surface area contributed by atoms with E-state index in [0.717, 1.165) is 18.5 Å². The number of benzene rings is 2. The first-order valence-corrected chi connectivity index (χ1v) is 14.0. The molecule has 4 N–H and O–H groups in total. The first kappa shape index (κ1) is 44.6. The molecule has 46 heavy (non-hydrogen) atoms. The van der Waals surface area contributed by atoms with E-state index < -0.39 is 45.4 Å². The lowest BCUT2D eigenvalue weighted by atomic mass is 10.1. The second-order valence-corrected chi connectivity index (χ2v) is 10.8. The molecule has 256 valence electrons. The number of hydrogen-bond acceptors (Lipinski definition) is 10. The minimum atomic E-state index is -3.37. The molecule has 13 nitrogen and oxygen atoms in total. The van der Waals surface area contributed by atoms with Crippen molar-refractivity contribution in [2.45, 2.75) is 52.9 Å². The summed E-state index contributed by atoms with van der Waals surface area (Å²) in [4.78, 5) is 40.9. The lowest BCUT2D eigenvalue weighted by Crippen LogP contribution is -2.25. The van der Waals surface area contributed by atoms with E-state index in [1.165, 1.54) is 30.3 Å². The van der Waals surface area contributed by atoms with Crippen LogP contribution in [0.4, 0.5) is 34.6 Å². The van der Waals surface area contributed by atoms with Crippen molar-refractivity contribution in [2.24, 2.45) is 5.84 Å². The molecule has 0 aliphatic carbocycles. The number of Topliss-reactive ketones (excluding diaryl/α,β-unsaturated/α-hetero) is 2. The Morgan fingerprint density at radius 3 is 1.80 bits per heavy atom. The number of nitro groups is 2. The zero-order valence-electron chi connectivity index (χ0n) is 24.9. The summed E-state index contributed by atoms with van der Waals surface area (Å²) in [5.41, 5.74) is 2.39. The normalized spacial score (nSPS) is 10.4. The Balaban J connectivity index is 0. The lowest BCUT2D eigenvalue weighted by Gasteiger charge is -2.07. The quantitative estimate of drug-likeness (QED) is 0.0687. The predicted octanol–water partition coefficient (Wildman–Crippen LogP) is 7.22. The minimum Gasteiger partial charge on any atom is -0.397 e. The molecule has 2 aromatic carbocycles. The van der Waals surface area contributed by atoms with Crippen LogP contribution < -0.4 is 11.3 Å². The first-order chi connectivity index (χ1) is 20.6. The number of hydrazine groups is 1. The van der Waals surface area contributed by atoms with Crippen molar-refractivity contribution in [3.05, 3.63) is 83.0 Å². The SMILES string of the molecule is CC(=O)CC(=O)C(C)(F)F.CCO.Cc1cc(C(C)(F)F)nn1-c1ccc(Br)cc1[N+](=O)[O-].Cl.NNc1ccc(Br)cc1[N+](=O)[O-]. The van der Waals surface area contributed by atoms with Gasteiger partial charge in [0, 0.05) is 47.2 Å². The number of rotatable bonds is 8. The molecule has 0 fully saturated rings. The minimum absolute atomic E-state index is 0. The second-order valence-electron chi connectivity index (χ2n) is 8.93. The van der Waals surface area contributed by atoms with Gasteiger partial charge in [-0.25, -0.2) is 4.68 Å². The number of carbonyl (C=O) groups is 2. The van der Waals surface area contributed by atoms with E-state index in [2.05, 4.69) is 42.4 Å². The number of halogens is 7. The molecule has 20 heteroatoms. The van der Waals surface area contributed by atoms with E-state index >= 15 is 0 Å². The van der Waals surface area contributed by atoms with E-state index in [-0.39, 0.29) is 36.1 Å². The Labute approximate surface area is 283 Å². The van der Waals surface area contributed by atoms with Crippen molar-refractivity contribution in [1.82, 2.24) is 9.78 Å². The third-order valence-corrected chi connectivity index (χ3v) is 5.90. The Morgan fingerprint density at radius 1 is 1.00 bits per heavy atom. The zero-order chi connectivity index (χ0) is 35.3. The van der Waals surface area contributed by atoms with Gasteiger partial charge in [-0.2, -0.15) is 22.7 Å². The summed E-state index contributed by atoms with van der Waals surface area (Å²) >= 11 is 6.26. The Morgan fingerprint density at radius 2 is 1.46 bits per heavy atom. The zero-order valence-corrected chi connectivity index (χ0v) is 28.9. The van der Waals surface area contributed by atoms with Crippen molar-refractivity contribution >= 4 is 72.9 Å². The van der Waals surface area contributed by atoms with E-state index in [1.54, 1.807) is 26.0 Å². The van der Waals surface area contributed by atoms with Crippen LogP contribution >= 0.6 is 44.3 Å². The summed E-state index contributed by atoms with van der Waals surface area (Å²) in [7, 11) is 0. The third kappa shape index (κ3) is 15.2. The van der Waals surface area contributed by atoms with Crippen molar-refractivity contribution < 1.29 is 42.1 Å². The van der Waals surface area contributed by atoms with Gasteiger partial charge >= 0.3 is 5.92 Å². The number of nitrogens with zero attached hydrogens (tertiary/aromatic N) is 4. The summed E-state index contributed by atoms with van der Waals surface area (Å²) in [5.74, 6) is -3.25. The van der Waals surface area contributed by atoms with E-state index in [4.69, 9.17) is 10.9 Å². The molecule has 1 aromatic heterocycles. The number of aryl methyl sites for hydroxylation is 1. The van der Waals surface area contributed by atoms with E-state index in [1.807, 2.05) is 0 Å². The molecule has 0 radical (unpaired) electrons. The van der Waals surface area contributed by atoms with Gasteiger partial charge in [-0.3, -0.25) is 35.7 Å². The van der Waals surface area contributed by atoms with Crippen LogP contribution in [-0.4, -0.2) is 48.8 Å². The average Bonchev–Trinajstić information content (AvgIpc) is 3.31. The molecule has 3 rings (SSSR count). The molecule has 0 aliphatic heterocycles. The van der Waals surface area contributed by atoms with Gasteiger partial charge in [-0.15, -0.1) is 12.4 Å². The van der Waals surface area contributed by atoms with Crippen LogP contribution in [0.1, 0.15) is 45.5 Å². The van der Waals surface area contributed by atoms with Gasteiger partial charge < -0.3 is 10.5 Å². The maximum atomic E-state index is 13.3. The van der Waals surface area contributed by atoms with Crippen LogP contribution in [-0.2, 0) is 15.5 Å². The number of anilines is 1. The highest BCUT2D eigenvalue weighted by atomic mass is 79.9. The number of nitrogens with one attached hydrogen (secondary N) is 1. The number of alkyl halides is 4. The fourth-order valence-corrected chi connectivity index (χ4v) is 3.61. The van der Waals surface area contributed by atoms with Gasteiger partial charge in [0.05, 0.1) is 16.3 Å². The van der Waals surface area contributed by atoms with Crippen molar-refractivity contribution in [2.75, 3.05) is 12.0 Å². The van der Waals surface area contributed by atoms with Gasteiger partial charge in [-0.1, -0.05) is 31.9 Å². The number of ketones is 2. The van der Waals surface area contributed by atoms with Gasteiger partial charge in [0.25, 0.3) is 17.3 Å². The molecule has 0 spiro atoms. The van der Waals surface area contributed by atoms with Crippen LogP contribution in [0.15, 0.2) is 51.4 Å². The molecule has 0 amide bonds. The number of nitrogen functional groups attached to an aromatic ring is 1. The number of nitro benzene ring substituents is 2. The highest BCUT2D eigenvalue weighted by molar-refractivity contribution is 9.10. The summed E-state index contributed by atoms with van der Waals surface area (Å²) < 4.78 is 52.8. The summed E-state index contributed by atoms with van der Waals surface area (Å²) in [6, 6.07) is 10.2.